The maximum absolute atomic E-state index is 13.8. The zero-order chi connectivity index (χ0) is 21.8. The summed E-state index contributed by atoms with van der Waals surface area (Å²) in [5.41, 5.74) is 2.49. The molecular weight excluding hydrogens is 398 g/mol. The first-order valence-corrected chi connectivity index (χ1v) is 10.1. The average Bonchev–Trinajstić information content (AvgIpc) is 2.81. The van der Waals surface area contributed by atoms with E-state index in [4.69, 9.17) is 4.74 Å². The topological polar surface area (TPSA) is 53.3 Å². The van der Waals surface area contributed by atoms with Crippen molar-refractivity contribution in [3.05, 3.63) is 89.5 Å². The Kier molecular flexibility index (Phi) is 5.94. The molecule has 0 radical (unpaired) electrons. The van der Waals surface area contributed by atoms with Gasteiger partial charge in [0.1, 0.15) is 11.9 Å². The van der Waals surface area contributed by atoms with Gasteiger partial charge in [-0.25, -0.2) is 8.78 Å². The lowest BCUT2D eigenvalue weighted by Crippen LogP contribution is -2.42. The van der Waals surface area contributed by atoms with E-state index in [1.807, 2.05) is 24.3 Å². The van der Waals surface area contributed by atoms with Crippen molar-refractivity contribution in [2.24, 2.45) is 0 Å². The van der Waals surface area contributed by atoms with Gasteiger partial charge in [0.2, 0.25) is 0 Å². The van der Waals surface area contributed by atoms with E-state index in [1.165, 1.54) is 6.07 Å². The molecule has 4 rings (SSSR count). The van der Waals surface area contributed by atoms with Gasteiger partial charge in [0.15, 0.2) is 11.6 Å². The third-order valence-electron chi connectivity index (χ3n) is 5.41. The van der Waals surface area contributed by atoms with Crippen molar-refractivity contribution in [1.82, 2.24) is 4.90 Å². The SMILES string of the molecule is N#Cc1ccccc1-c1ccccc1C(=O)N1CCC(Oc2ccc(F)cc2F)CC1. The van der Waals surface area contributed by atoms with Gasteiger partial charge in [-0.1, -0.05) is 36.4 Å². The van der Waals surface area contributed by atoms with Crippen LogP contribution >= 0.6 is 0 Å². The Balaban J connectivity index is 1.48. The van der Waals surface area contributed by atoms with Crippen LogP contribution in [0, 0.1) is 23.0 Å². The first kappa shape index (κ1) is 20.5. The fourth-order valence-electron chi connectivity index (χ4n) is 3.82. The number of nitriles is 1. The van der Waals surface area contributed by atoms with Crippen molar-refractivity contribution in [2.75, 3.05) is 13.1 Å². The monoisotopic (exact) mass is 418 g/mol. The molecule has 0 saturated carbocycles. The molecular formula is C25H20F2N2O2. The maximum Gasteiger partial charge on any atom is 0.254 e. The van der Waals surface area contributed by atoms with Crippen LogP contribution in [0.25, 0.3) is 11.1 Å². The van der Waals surface area contributed by atoms with Gasteiger partial charge >= 0.3 is 0 Å². The Morgan fingerprint density at radius 3 is 2.35 bits per heavy atom. The smallest absolute Gasteiger partial charge is 0.254 e. The molecule has 156 valence electrons. The molecule has 3 aromatic rings. The third-order valence-corrected chi connectivity index (χ3v) is 5.41. The fraction of sp³-hybridized carbons (Fsp3) is 0.200. The summed E-state index contributed by atoms with van der Waals surface area (Å²) >= 11 is 0. The summed E-state index contributed by atoms with van der Waals surface area (Å²) in [7, 11) is 0. The lowest BCUT2D eigenvalue weighted by molar-refractivity contribution is 0.0589. The zero-order valence-corrected chi connectivity index (χ0v) is 16.7. The van der Waals surface area contributed by atoms with Crippen molar-refractivity contribution >= 4 is 5.91 Å². The number of piperidine rings is 1. The van der Waals surface area contributed by atoms with E-state index >= 15 is 0 Å². The minimum Gasteiger partial charge on any atom is -0.487 e. The number of carbonyl (C=O) groups is 1. The number of ether oxygens (including phenoxy) is 1. The summed E-state index contributed by atoms with van der Waals surface area (Å²) in [4.78, 5) is 15.0. The van der Waals surface area contributed by atoms with Crippen LogP contribution in [0.15, 0.2) is 66.7 Å². The summed E-state index contributed by atoms with van der Waals surface area (Å²) in [6, 6.07) is 19.9. The Morgan fingerprint density at radius 2 is 1.65 bits per heavy atom. The number of amides is 1. The van der Waals surface area contributed by atoms with Gasteiger partial charge in [-0.3, -0.25) is 4.79 Å². The molecule has 0 spiro atoms. The van der Waals surface area contributed by atoms with Crippen LogP contribution in [0.5, 0.6) is 5.75 Å². The molecule has 0 unspecified atom stereocenters. The third kappa shape index (κ3) is 4.41. The minimum absolute atomic E-state index is 0.0182. The number of rotatable bonds is 4. The standard InChI is InChI=1S/C25H20F2N2O2/c26-18-9-10-24(23(27)15-18)31-19-11-13-29(14-12-19)25(30)22-8-4-3-7-21(22)20-6-2-1-5-17(20)16-28/h1-10,15,19H,11-14H2. The second kappa shape index (κ2) is 8.97. The molecule has 1 aliphatic heterocycles. The molecule has 4 nitrogen and oxygen atoms in total. The summed E-state index contributed by atoms with van der Waals surface area (Å²) in [6.45, 7) is 0.918. The van der Waals surface area contributed by atoms with Gasteiger partial charge in [0, 0.05) is 43.1 Å². The molecule has 3 aromatic carbocycles. The lowest BCUT2D eigenvalue weighted by Gasteiger charge is -2.32. The van der Waals surface area contributed by atoms with Gasteiger partial charge in [-0.05, 0) is 29.8 Å². The second-order valence-corrected chi connectivity index (χ2v) is 7.39. The van der Waals surface area contributed by atoms with E-state index < -0.39 is 11.6 Å². The van der Waals surface area contributed by atoms with E-state index in [1.54, 1.807) is 29.2 Å². The van der Waals surface area contributed by atoms with Crippen molar-refractivity contribution < 1.29 is 18.3 Å². The zero-order valence-electron chi connectivity index (χ0n) is 16.7. The van der Waals surface area contributed by atoms with Crippen molar-refractivity contribution in [1.29, 1.82) is 5.26 Å². The van der Waals surface area contributed by atoms with E-state index in [9.17, 15) is 18.8 Å². The van der Waals surface area contributed by atoms with Crippen LogP contribution in [-0.2, 0) is 0 Å². The quantitative estimate of drug-likeness (QED) is 0.586. The van der Waals surface area contributed by atoms with Crippen LogP contribution in [0.1, 0.15) is 28.8 Å². The van der Waals surface area contributed by atoms with Gasteiger partial charge in [0.05, 0.1) is 11.6 Å². The fourth-order valence-corrected chi connectivity index (χ4v) is 3.82. The highest BCUT2D eigenvalue weighted by molar-refractivity contribution is 6.01. The van der Waals surface area contributed by atoms with Crippen molar-refractivity contribution in [3.63, 3.8) is 0 Å². The largest absolute Gasteiger partial charge is 0.487 e. The Bertz CT molecular complexity index is 1150. The van der Waals surface area contributed by atoms with Crippen LogP contribution in [-0.4, -0.2) is 30.0 Å². The number of carbonyl (C=O) groups excluding carboxylic acids is 1. The highest BCUT2D eigenvalue weighted by Gasteiger charge is 2.27. The molecule has 0 aromatic heterocycles. The normalized spacial score (nSPS) is 14.2. The average molecular weight is 418 g/mol. The first-order valence-electron chi connectivity index (χ1n) is 10.1. The van der Waals surface area contributed by atoms with Gasteiger partial charge in [-0.2, -0.15) is 5.26 Å². The maximum atomic E-state index is 13.8. The highest BCUT2D eigenvalue weighted by Crippen LogP contribution is 2.29. The van der Waals surface area contributed by atoms with Gasteiger partial charge in [0.25, 0.3) is 5.91 Å². The molecule has 0 N–H and O–H groups in total. The molecule has 1 saturated heterocycles. The molecule has 0 aliphatic carbocycles. The molecule has 1 heterocycles. The number of nitrogens with zero attached hydrogens (tertiary/aromatic N) is 2. The van der Waals surface area contributed by atoms with Crippen LogP contribution < -0.4 is 4.74 Å². The predicted octanol–water partition coefficient (Wildman–Crippen LogP) is 5.19. The van der Waals surface area contributed by atoms with Crippen LogP contribution in [0.2, 0.25) is 0 Å². The van der Waals surface area contributed by atoms with Crippen LogP contribution in [0.4, 0.5) is 8.78 Å². The minimum atomic E-state index is -0.733. The number of halogens is 2. The first-order chi connectivity index (χ1) is 15.1. The summed E-state index contributed by atoms with van der Waals surface area (Å²) in [5, 5.41) is 9.44. The van der Waals surface area contributed by atoms with E-state index in [0.29, 0.717) is 37.1 Å². The van der Waals surface area contributed by atoms with Crippen molar-refractivity contribution in [2.45, 2.75) is 18.9 Å². The summed E-state index contributed by atoms with van der Waals surface area (Å²) < 4.78 is 32.6. The van der Waals surface area contributed by atoms with Crippen molar-refractivity contribution in [3.8, 4) is 22.9 Å². The lowest BCUT2D eigenvalue weighted by atomic mass is 9.94. The summed E-state index contributed by atoms with van der Waals surface area (Å²) in [6.07, 6.45) is 0.831. The number of likely N-dealkylation sites (tertiary alicyclic amines) is 1. The highest BCUT2D eigenvalue weighted by atomic mass is 19.1. The molecule has 0 bridgehead atoms. The number of hydrogen-bond donors (Lipinski definition) is 0. The Labute approximate surface area is 179 Å². The Hall–Kier alpha value is -3.72. The predicted molar refractivity (Wildman–Crippen MR) is 113 cm³/mol. The molecule has 1 amide bonds. The molecule has 6 heteroatoms. The number of hydrogen-bond acceptors (Lipinski definition) is 3. The molecule has 1 aliphatic rings. The second-order valence-electron chi connectivity index (χ2n) is 7.39. The van der Waals surface area contributed by atoms with Gasteiger partial charge in [-0.15, -0.1) is 0 Å². The van der Waals surface area contributed by atoms with E-state index in [0.717, 1.165) is 23.3 Å². The number of benzene rings is 3. The summed E-state index contributed by atoms with van der Waals surface area (Å²) in [5.74, 6) is -1.48. The van der Waals surface area contributed by atoms with Crippen LogP contribution in [0.3, 0.4) is 0 Å². The van der Waals surface area contributed by atoms with Gasteiger partial charge < -0.3 is 9.64 Å². The Morgan fingerprint density at radius 1 is 0.968 bits per heavy atom. The van der Waals surface area contributed by atoms with E-state index in [2.05, 4.69) is 6.07 Å². The molecule has 0 atom stereocenters. The molecule has 31 heavy (non-hydrogen) atoms. The molecule has 1 fully saturated rings. The van der Waals surface area contributed by atoms with E-state index in [-0.39, 0.29) is 17.8 Å².